The number of benzene rings is 2. The molecule has 8 heteroatoms. The predicted molar refractivity (Wildman–Crippen MR) is 90.0 cm³/mol. The second-order valence-corrected chi connectivity index (χ2v) is 6.27. The molecule has 2 aromatic carbocycles. The lowest BCUT2D eigenvalue weighted by molar-refractivity contribution is -0.121. The summed E-state index contributed by atoms with van der Waals surface area (Å²) < 4.78 is 13.5. The molecular formula is C17H12ClFN4O2. The van der Waals surface area contributed by atoms with Gasteiger partial charge in [-0.1, -0.05) is 29.0 Å². The minimum Gasteiger partial charge on any atom is -0.271 e. The third kappa shape index (κ3) is 2.39. The van der Waals surface area contributed by atoms with Crippen molar-refractivity contribution in [2.24, 2.45) is 10.3 Å². The van der Waals surface area contributed by atoms with E-state index >= 15 is 0 Å². The number of rotatable bonds is 2. The molecule has 2 heterocycles. The average Bonchev–Trinajstić information content (AvgIpc) is 3.12. The van der Waals surface area contributed by atoms with Crippen LogP contribution in [0.3, 0.4) is 0 Å². The Morgan fingerprint density at radius 1 is 1.08 bits per heavy atom. The normalized spacial score (nSPS) is 22.0. The number of fused-ring (bicyclic) bond motifs is 1. The van der Waals surface area contributed by atoms with Gasteiger partial charge < -0.3 is 0 Å². The van der Waals surface area contributed by atoms with Crippen LogP contribution in [0.4, 0.5) is 15.8 Å². The maximum atomic E-state index is 13.5. The summed E-state index contributed by atoms with van der Waals surface area (Å²) in [5, 5.41) is 9.54. The summed E-state index contributed by atoms with van der Waals surface area (Å²) in [6.45, 7) is 1.83. The molecule has 2 aromatic rings. The Labute approximate surface area is 147 Å². The van der Waals surface area contributed by atoms with Crippen molar-refractivity contribution in [2.45, 2.75) is 19.0 Å². The highest BCUT2D eigenvalue weighted by Crippen LogP contribution is 2.36. The van der Waals surface area contributed by atoms with Gasteiger partial charge >= 0.3 is 0 Å². The molecule has 0 aromatic heterocycles. The number of hydrogen-bond acceptors (Lipinski definition) is 5. The van der Waals surface area contributed by atoms with Gasteiger partial charge in [0.1, 0.15) is 5.82 Å². The van der Waals surface area contributed by atoms with Gasteiger partial charge in [0.15, 0.2) is 12.1 Å². The van der Waals surface area contributed by atoms with Gasteiger partial charge in [0.25, 0.3) is 11.8 Å². The van der Waals surface area contributed by atoms with E-state index in [0.29, 0.717) is 16.4 Å². The summed E-state index contributed by atoms with van der Waals surface area (Å²) in [6.07, 6.45) is 0. The Morgan fingerprint density at radius 2 is 1.88 bits per heavy atom. The first kappa shape index (κ1) is 15.7. The van der Waals surface area contributed by atoms with Gasteiger partial charge in [-0.3, -0.25) is 9.59 Å². The van der Waals surface area contributed by atoms with Gasteiger partial charge in [0.2, 0.25) is 0 Å². The zero-order valence-corrected chi connectivity index (χ0v) is 13.8. The molecule has 25 heavy (non-hydrogen) atoms. The van der Waals surface area contributed by atoms with Crippen molar-refractivity contribution in [1.82, 2.24) is 0 Å². The van der Waals surface area contributed by atoms with E-state index in [-0.39, 0.29) is 0 Å². The molecule has 126 valence electrons. The second-order valence-electron chi connectivity index (χ2n) is 5.86. The van der Waals surface area contributed by atoms with E-state index in [1.54, 1.807) is 24.3 Å². The van der Waals surface area contributed by atoms with Crippen LogP contribution in [0.5, 0.6) is 0 Å². The Morgan fingerprint density at radius 3 is 2.60 bits per heavy atom. The van der Waals surface area contributed by atoms with Crippen molar-refractivity contribution in [3.8, 4) is 0 Å². The number of amides is 2. The Hall–Kier alpha value is -2.80. The maximum absolute atomic E-state index is 13.5. The number of carbonyl (C=O) groups is 2. The summed E-state index contributed by atoms with van der Waals surface area (Å²) in [4.78, 5) is 26.6. The van der Waals surface area contributed by atoms with Crippen LogP contribution >= 0.6 is 11.6 Å². The smallest absolute Gasteiger partial charge is 0.263 e. The van der Waals surface area contributed by atoms with Crippen LogP contribution in [0, 0.1) is 12.7 Å². The Balaban J connectivity index is 1.71. The van der Waals surface area contributed by atoms with Crippen molar-refractivity contribution < 1.29 is 14.0 Å². The van der Waals surface area contributed by atoms with Crippen LogP contribution in [0.1, 0.15) is 5.56 Å². The van der Waals surface area contributed by atoms with Crippen molar-refractivity contribution in [3.63, 3.8) is 0 Å². The molecule has 0 aliphatic carbocycles. The highest BCUT2D eigenvalue weighted by atomic mass is 35.5. The molecule has 4 rings (SSSR count). The quantitative estimate of drug-likeness (QED) is 0.774. The molecule has 0 bridgehead atoms. The van der Waals surface area contributed by atoms with E-state index in [2.05, 4.69) is 10.3 Å². The predicted octanol–water partition coefficient (Wildman–Crippen LogP) is 3.29. The van der Waals surface area contributed by atoms with E-state index in [1.165, 1.54) is 23.2 Å². The molecule has 1 saturated heterocycles. The molecular weight excluding hydrogens is 347 g/mol. The van der Waals surface area contributed by atoms with Gasteiger partial charge in [0.05, 0.1) is 11.4 Å². The lowest BCUT2D eigenvalue weighted by Crippen LogP contribution is -2.39. The van der Waals surface area contributed by atoms with Crippen LogP contribution in [0.2, 0.25) is 5.02 Å². The summed E-state index contributed by atoms with van der Waals surface area (Å²) >= 11 is 6.11. The zero-order chi connectivity index (χ0) is 17.7. The third-order valence-corrected chi connectivity index (χ3v) is 4.68. The SMILES string of the molecule is Cc1ccc(N2C(=O)[C@H]3N=NN(c4cccc(F)c4)[C@H]3C2=O)cc1Cl. The average molecular weight is 359 g/mol. The molecule has 0 radical (unpaired) electrons. The van der Waals surface area contributed by atoms with Gasteiger partial charge in [-0.2, -0.15) is 5.11 Å². The number of anilines is 2. The molecule has 0 N–H and O–H groups in total. The first-order chi connectivity index (χ1) is 12.0. The van der Waals surface area contributed by atoms with Crippen molar-refractivity contribution in [1.29, 1.82) is 0 Å². The first-order valence-corrected chi connectivity index (χ1v) is 7.95. The first-order valence-electron chi connectivity index (χ1n) is 7.57. The fourth-order valence-electron chi connectivity index (χ4n) is 2.97. The number of imide groups is 1. The third-order valence-electron chi connectivity index (χ3n) is 4.27. The molecule has 0 saturated carbocycles. The number of nitrogens with zero attached hydrogens (tertiary/aromatic N) is 4. The number of hydrogen-bond donors (Lipinski definition) is 0. The second kappa shape index (κ2) is 5.63. The summed E-state index contributed by atoms with van der Waals surface area (Å²) in [5.41, 5.74) is 1.58. The fourth-order valence-corrected chi connectivity index (χ4v) is 3.14. The van der Waals surface area contributed by atoms with Crippen molar-refractivity contribution in [2.75, 3.05) is 9.91 Å². The standard InChI is InChI=1S/C17H12ClFN4O2/c1-9-5-6-11(8-13(9)18)22-16(24)14-15(17(22)25)23(21-20-14)12-4-2-3-10(19)7-12/h2-8,14-15H,1H3/t14-,15+/m0/s1. The lowest BCUT2D eigenvalue weighted by atomic mass is 10.1. The van der Waals surface area contributed by atoms with Gasteiger partial charge in [-0.25, -0.2) is 14.3 Å². The maximum Gasteiger partial charge on any atom is 0.263 e. The van der Waals surface area contributed by atoms with Crippen LogP contribution in [-0.2, 0) is 9.59 Å². The zero-order valence-electron chi connectivity index (χ0n) is 13.1. The molecule has 2 aliphatic heterocycles. The molecule has 6 nitrogen and oxygen atoms in total. The number of aryl methyl sites for hydroxylation is 1. The molecule has 2 amide bonds. The topological polar surface area (TPSA) is 65.3 Å². The minimum atomic E-state index is -0.948. The minimum absolute atomic E-state index is 0.362. The lowest BCUT2D eigenvalue weighted by Gasteiger charge is -2.20. The Bertz CT molecular complexity index is 933. The van der Waals surface area contributed by atoms with Crippen LogP contribution in [0.15, 0.2) is 52.8 Å². The molecule has 0 unspecified atom stereocenters. The van der Waals surface area contributed by atoms with E-state index < -0.39 is 29.7 Å². The molecule has 2 aliphatic rings. The highest BCUT2D eigenvalue weighted by molar-refractivity contribution is 6.32. The van der Waals surface area contributed by atoms with Gasteiger partial charge in [0, 0.05) is 5.02 Å². The van der Waals surface area contributed by atoms with Crippen LogP contribution in [-0.4, -0.2) is 23.9 Å². The number of carbonyl (C=O) groups excluding carboxylic acids is 2. The van der Waals surface area contributed by atoms with Crippen molar-refractivity contribution >= 4 is 34.8 Å². The van der Waals surface area contributed by atoms with E-state index in [0.717, 1.165) is 10.5 Å². The van der Waals surface area contributed by atoms with E-state index in [9.17, 15) is 14.0 Å². The fraction of sp³-hybridized carbons (Fsp3) is 0.176. The van der Waals surface area contributed by atoms with E-state index in [4.69, 9.17) is 11.6 Å². The summed E-state index contributed by atoms with van der Waals surface area (Å²) in [5.74, 6) is -1.41. The van der Waals surface area contributed by atoms with Crippen molar-refractivity contribution in [3.05, 3.63) is 58.9 Å². The summed E-state index contributed by atoms with van der Waals surface area (Å²) in [7, 11) is 0. The van der Waals surface area contributed by atoms with Gasteiger partial charge in [-0.05, 0) is 42.8 Å². The number of halogens is 2. The largest absolute Gasteiger partial charge is 0.271 e. The van der Waals surface area contributed by atoms with E-state index in [1.807, 2.05) is 6.92 Å². The monoisotopic (exact) mass is 358 g/mol. The highest BCUT2D eigenvalue weighted by Gasteiger charge is 2.55. The Kier molecular flexibility index (Phi) is 3.54. The molecule has 1 fully saturated rings. The van der Waals surface area contributed by atoms with Crippen LogP contribution in [0.25, 0.3) is 0 Å². The summed E-state index contributed by atoms with van der Waals surface area (Å²) in [6, 6.07) is 8.73. The molecule has 2 atom stereocenters. The van der Waals surface area contributed by atoms with Gasteiger partial charge in [-0.15, -0.1) is 0 Å². The van der Waals surface area contributed by atoms with Crippen LogP contribution < -0.4 is 9.91 Å². The molecule has 0 spiro atoms.